The van der Waals surface area contributed by atoms with Gasteiger partial charge in [-0.15, -0.1) is 0 Å². The molecule has 2 aliphatic rings. The van der Waals surface area contributed by atoms with E-state index < -0.39 is 11.7 Å². The van der Waals surface area contributed by atoms with Crippen LogP contribution in [0.4, 0.5) is 21.5 Å². The molecule has 174 valence electrons. The van der Waals surface area contributed by atoms with Crippen LogP contribution >= 0.6 is 12.2 Å². The first-order valence-corrected chi connectivity index (χ1v) is 11.5. The van der Waals surface area contributed by atoms with Crippen molar-refractivity contribution in [2.24, 2.45) is 0 Å². The molecule has 0 spiro atoms. The number of nitrogens with one attached hydrogen (secondary N) is 1. The van der Waals surface area contributed by atoms with Crippen molar-refractivity contribution in [2.45, 2.75) is 19.3 Å². The second-order valence-electron chi connectivity index (χ2n) is 8.19. The molecular weight excluding hydrogens is 445 g/mol. The maximum absolute atomic E-state index is 13.8. The number of thiocarbonyl (C=S) groups is 1. The van der Waals surface area contributed by atoms with Crippen LogP contribution in [0.15, 0.2) is 42.5 Å². The third-order valence-corrected chi connectivity index (χ3v) is 6.48. The fourth-order valence-electron chi connectivity index (χ4n) is 4.31. The summed E-state index contributed by atoms with van der Waals surface area (Å²) in [5, 5.41) is 14.4. The average molecular weight is 472 g/mol. The number of carbonyl (C=O) groups is 1. The van der Waals surface area contributed by atoms with E-state index in [0.29, 0.717) is 31.9 Å². The SMILES string of the molecule is O=C(NC(=S)N1CCN(c2ccc([N+](=O)[O-])c(N3CCCCC3)c2)CC1)c1ccccc1F. The van der Waals surface area contributed by atoms with Crippen LogP contribution in [0.1, 0.15) is 29.6 Å². The molecule has 1 N–H and O–H groups in total. The maximum Gasteiger partial charge on any atom is 0.292 e. The summed E-state index contributed by atoms with van der Waals surface area (Å²) in [6, 6.07) is 11.1. The Hall–Kier alpha value is -3.27. The smallest absolute Gasteiger partial charge is 0.292 e. The van der Waals surface area contributed by atoms with Crippen LogP contribution in [0, 0.1) is 15.9 Å². The van der Waals surface area contributed by atoms with E-state index in [2.05, 4.69) is 15.1 Å². The fourth-order valence-corrected chi connectivity index (χ4v) is 4.58. The number of carbonyl (C=O) groups excluding carboxylic acids is 1. The molecule has 4 rings (SSSR count). The number of rotatable bonds is 4. The maximum atomic E-state index is 13.8. The molecule has 0 bridgehead atoms. The zero-order valence-corrected chi connectivity index (χ0v) is 19.0. The second-order valence-corrected chi connectivity index (χ2v) is 8.58. The van der Waals surface area contributed by atoms with Crippen molar-refractivity contribution < 1.29 is 14.1 Å². The Labute approximate surface area is 197 Å². The van der Waals surface area contributed by atoms with Crippen LogP contribution in [0.3, 0.4) is 0 Å². The number of benzene rings is 2. The molecular formula is C23H26FN5O3S. The third kappa shape index (κ3) is 5.22. The number of anilines is 2. The Balaban J connectivity index is 1.40. The minimum absolute atomic E-state index is 0.0467. The Kier molecular flexibility index (Phi) is 7.02. The lowest BCUT2D eigenvalue weighted by Gasteiger charge is -2.37. The van der Waals surface area contributed by atoms with Crippen molar-refractivity contribution in [3.8, 4) is 0 Å². The predicted molar refractivity (Wildman–Crippen MR) is 129 cm³/mol. The Morgan fingerprint density at radius 3 is 2.33 bits per heavy atom. The van der Waals surface area contributed by atoms with Crippen LogP contribution in [0.2, 0.25) is 0 Å². The lowest BCUT2D eigenvalue weighted by molar-refractivity contribution is -0.384. The number of nitro benzene ring substituents is 1. The van der Waals surface area contributed by atoms with E-state index in [4.69, 9.17) is 12.2 Å². The summed E-state index contributed by atoms with van der Waals surface area (Å²) in [6.07, 6.45) is 3.23. The van der Waals surface area contributed by atoms with Crippen LogP contribution < -0.4 is 15.1 Å². The van der Waals surface area contributed by atoms with Gasteiger partial charge in [0, 0.05) is 51.0 Å². The summed E-state index contributed by atoms with van der Waals surface area (Å²) in [7, 11) is 0. The van der Waals surface area contributed by atoms with Gasteiger partial charge < -0.3 is 14.7 Å². The highest BCUT2D eigenvalue weighted by atomic mass is 32.1. The largest absolute Gasteiger partial charge is 0.368 e. The second kappa shape index (κ2) is 10.1. The quantitative estimate of drug-likeness (QED) is 0.415. The summed E-state index contributed by atoms with van der Waals surface area (Å²) < 4.78 is 13.8. The zero-order valence-electron chi connectivity index (χ0n) is 18.2. The van der Waals surface area contributed by atoms with Gasteiger partial charge in [0.15, 0.2) is 5.11 Å². The molecule has 0 aliphatic carbocycles. The number of amides is 1. The highest BCUT2D eigenvalue weighted by molar-refractivity contribution is 7.80. The Morgan fingerprint density at radius 1 is 0.970 bits per heavy atom. The molecule has 1 amide bonds. The van der Waals surface area contributed by atoms with E-state index in [1.807, 2.05) is 11.0 Å². The lowest BCUT2D eigenvalue weighted by atomic mass is 10.1. The van der Waals surface area contributed by atoms with E-state index in [1.54, 1.807) is 18.2 Å². The summed E-state index contributed by atoms with van der Waals surface area (Å²) in [5.41, 5.74) is 1.69. The predicted octanol–water partition coefficient (Wildman–Crippen LogP) is 3.56. The van der Waals surface area contributed by atoms with Crippen molar-refractivity contribution in [1.82, 2.24) is 10.2 Å². The minimum atomic E-state index is -0.592. The molecule has 0 unspecified atom stereocenters. The first-order chi connectivity index (χ1) is 15.9. The first-order valence-electron chi connectivity index (χ1n) is 11.1. The van der Waals surface area contributed by atoms with E-state index in [-0.39, 0.29) is 21.3 Å². The molecule has 10 heteroatoms. The number of hydrogen-bond acceptors (Lipinski definition) is 6. The highest BCUT2D eigenvalue weighted by Crippen LogP contribution is 2.34. The van der Waals surface area contributed by atoms with E-state index in [0.717, 1.165) is 38.0 Å². The molecule has 0 saturated carbocycles. The Bertz CT molecular complexity index is 1050. The number of nitrogens with zero attached hydrogens (tertiary/aromatic N) is 4. The molecule has 33 heavy (non-hydrogen) atoms. The summed E-state index contributed by atoms with van der Waals surface area (Å²) >= 11 is 5.37. The van der Waals surface area contributed by atoms with Gasteiger partial charge in [0.05, 0.1) is 10.5 Å². The molecule has 2 saturated heterocycles. The molecule has 2 aromatic carbocycles. The van der Waals surface area contributed by atoms with Crippen LogP contribution in [0.5, 0.6) is 0 Å². The number of nitro groups is 1. The Morgan fingerprint density at radius 2 is 1.67 bits per heavy atom. The molecule has 0 aromatic heterocycles. The summed E-state index contributed by atoms with van der Waals surface area (Å²) in [6.45, 7) is 4.10. The van der Waals surface area contributed by atoms with Crippen LogP contribution in [-0.4, -0.2) is 60.1 Å². The molecule has 2 aromatic rings. The molecule has 0 radical (unpaired) electrons. The normalized spacial score (nSPS) is 16.5. The number of hydrogen-bond donors (Lipinski definition) is 1. The fraction of sp³-hybridized carbons (Fsp3) is 0.391. The topological polar surface area (TPSA) is 82.0 Å². The molecule has 0 atom stereocenters. The van der Waals surface area contributed by atoms with Crippen molar-refractivity contribution in [2.75, 3.05) is 49.1 Å². The molecule has 2 aliphatic heterocycles. The van der Waals surface area contributed by atoms with Gasteiger partial charge in [-0.3, -0.25) is 20.2 Å². The summed E-state index contributed by atoms with van der Waals surface area (Å²) in [5.74, 6) is -1.16. The monoisotopic (exact) mass is 471 g/mol. The summed E-state index contributed by atoms with van der Waals surface area (Å²) in [4.78, 5) is 29.7. The van der Waals surface area contributed by atoms with Gasteiger partial charge in [-0.2, -0.15) is 0 Å². The molecule has 8 nitrogen and oxygen atoms in total. The van der Waals surface area contributed by atoms with Gasteiger partial charge in [-0.25, -0.2) is 4.39 Å². The van der Waals surface area contributed by atoms with Crippen molar-refractivity contribution in [3.63, 3.8) is 0 Å². The zero-order chi connectivity index (χ0) is 23.4. The van der Waals surface area contributed by atoms with Crippen molar-refractivity contribution in [3.05, 3.63) is 64.0 Å². The number of piperazine rings is 1. The highest BCUT2D eigenvalue weighted by Gasteiger charge is 2.25. The van der Waals surface area contributed by atoms with Gasteiger partial charge in [0.2, 0.25) is 0 Å². The van der Waals surface area contributed by atoms with E-state index in [9.17, 15) is 19.3 Å². The number of halogens is 1. The van der Waals surface area contributed by atoms with E-state index in [1.165, 1.54) is 18.2 Å². The minimum Gasteiger partial charge on any atom is -0.368 e. The average Bonchev–Trinajstić information content (AvgIpc) is 2.84. The van der Waals surface area contributed by atoms with Crippen LogP contribution in [-0.2, 0) is 0 Å². The van der Waals surface area contributed by atoms with Gasteiger partial charge in [-0.1, -0.05) is 12.1 Å². The van der Waals surface area contributed by atoms with Gasteiger partial charge >= 0.3 is 0 Å². The standard InChI is InChI=1S/C23H26FN5O3S/c24-19-7-3-2-6-18(19)22(30)25-23(33)28-14-12-26(13-15-28)17-8-9-20(29(31)32)21(16-17)27-10-4-1-5-11-27/h2-3,6-9,16H,1,4-5,10-15H2,(H,25,30,33). The first kappa shape index (κ1) is 22.9. The lowest BCUT2D eigenvalue weighted by Crippen LogP contribution is -2.52. The third-order valence-electron chi connectivity index (χ3n) is 6.12. The molecule has 2 heterocycles. The molecule has 2 fully saturated rings. The van der Waals surface area contributed by atoms with Gasteiger partial charge in [-0.05, 0) is 55.7 Å². The van der Waals surface area contributed by atoms with E-state index >= 15 is 0 Å². The number of piperidine rings is 1. The van der Waals surface area contributed by atoms with Crippen molar-refractivity contribution >= 4 is 40.3 Å². The van der Waals surface area contributed by atoms with Crippen molar-refractivity contribution in [1.29, 1.82) is 0 Å². The van der Waals surface area contributed by atoms with Gasteiger partial charge in [0.1, 0.15) is 11.5 Å². The van der Waals surface area contributed by atoms with Crippen LogP contribution in [0.25, 0.3) is 0 Å². The van der Waals surface area contributed by atoms with Gasteiger partial charge in [0.25, 0.3) is 11.6 Å².